The van der Waals surface area contributed by atoms with Crippen LogP contribution in [0.25, 0.3) is 0 Å². The lowest BCUT2D eigenvalue weighted by molar-refractivity contribution is 0.0212. The largest absolute Gasteiger partial charge is 0.408 e. The highest BCUT2D eigenvalue weighted by molar-refractivity contribution is 7.86. The fourth-order valence-corrected chi connectivity index (χ4v) is 1.78. The van der Waals surface area contributed by atoms with E-state index in [0.29, 0.717) is 0 Å². The fourth-order valence-electron chi connectivity index (χ4n) is 0.936. The molecule has 17 heavy (non-hydrogen) atoms. The third-order valence-electron chi connectivity index (χ3n) is 1.82. The van der Waals surface area contributed by atoms with Crippen LogP contribution in [0.2, 0.25) is 0 Å². The van der Waals surface area contributed by atoms with Crippen LogP contribution in [0.5, 0.6) is 0 Å². The molecule has 1 rings (SSSR count). The van der Waals surface area contributed by atoms with Crippen molar-refractivity contribution < 1.29 is 17.9 Å². The van der Waals surface area contributed by atoms with E-state index in [0.717, 1.165) is 5.56 Å². The highest BCUT2D eigenvalue weighted by Gasteiger charge is 2.20. The zero-order chi connectivity index (χ0) is 13.1. The third-order valence-corrected chi connectivity index (χ3v) is 3.02. The van der Waals surface area contributed by atoms with Gasteiger partial charge in [0.25, 0.3) is 5.96 Å². The van der Waals surface area contributed by atoms with Crippen LogP contribution in [0.15, 0.2) is 34.3 Å². The van der Waals surface area contributed by atoms with Crippen molar-refractivity contribution >= 4 is 16.1 Å². The Morgan fingerprint density at radius 2 is 1.94 bits per heavy atom. The number of benzene rings is 1. The van der Waals surface area contributed by atoms with Gasteiger partial charge in [-0.3, -0.25) is 0 Å². The molecular formula is C8H12N4O4S. The number of oxime groups is 1. The molecule has 0 aliphatic carbocycles. The summed E-state index contributed by atoms with van der Waals surface area (Å²) in [7, 11) is -4.10. The summed E-state index contributed by atoms with van der Waals surface area (Å²) >= 11 is 0. The number of rotatable bonds is 3. The van der Waals surface area contributed by atoms with Crippen molar-refractivity contribution in [2.45, 2.75) is 11.8 Å². The van der Waals surface area contributed by atoms with Crippen LogP contribution in [0.3, 0.4) is 0 Å². The van der Waals surface area contributed by atoms with E-state index in [2.05, 4.69) is 9.44 Å². The Morgan fingerprint density at radius 3 is 2.41 bits per heavy atom. The molecule has 0 unspecified atom stereocenters. The summed E-state index contributed by atoms with van der Waals surface area (Å²) in [5.41, 5.74) is 5.93. The summed E-state index contributed by atoms with van der Waals surface area (Å²) in [6.07, 6.45) is 0. The molecule has 0 bridgehead atoms. The smallest absolute Gasteiger partial charge is 0.319 e. The number of hydroxylamine groups is 1. The zero-order valence-corrected chi connectivity index (χ0v) is 9.76. The fraction of sp³-hybridized carbons (Fsp3) is 0.125. The summed E-state index contributed by atoms with van der Waals surface area (Å²) in [5.74, 6) is 4.40. The second-order valence-electron chi connectivity index (χ2n) is 3.13. The number of hydrogen-bond donors (Lipinski definition) is 3. The van der Waals surface area contributed by atoms with Crippen LogP contribution < -0.4 is 11.6 Å². The second-order valence-corrected chi connectivity index (χ2v) is 4.65. The quantitative estimate of drug-likeness (QED) is 0.219. The minimum Gasteiger partial charge on any atom is -0.408 e. The van der Waals surface area contributed by atoms with Gasteiger partial charge in [-0.15, -0.1) is 9.46 Å². The number of hydrazine groups is 1. The summed E-state index contributed by atoms with van der Waals surface area (Å²) in [5, 5.41) is 10.9. The van der Waals surface area contributed by atoms with Crippen molar-refractivity contribution in [2.24, 2.45) is 16.7 Å². The van der Waals surface area contributed by atoms with Gasteiger partial charge in [-0.05, 0) is 24.2 Å². The van der Waals surface area contributed by atoms with Crippen molar-refractivity contribution in [3.8, 4) is 0 Å². The van der Waals surface area contributed by atoms with Gasteiger partial charge in [0.05, 0.1) is 4.90 Å². The Bertz CT molecular complexity index is 511. The first-order valence-electron chi connectivity index (χ1n) is 4.40. The van der Waals surface area contributed by atoms with Gasteiger partial charge in [0, 0.05) is 0 Å². The number of guanidine groups is 1. The molecule has 5 N–H and O–H groups in total. The minimum atomic E-state index is -4.10. The average molecular weight is 260 g/mol. The SMILES string of the molecule is Cc1ccc(S(=O)(=O)ON(N)/C(N)=N/O)cc1. The highest BCUT2D eigenvalue weighted by atomic mass is 32.2. The minimum absolute atomic E-state index is 0.0933. The number of nitrogens with two attached hydrogens (primary N) is 2. The Morgan fingerprint density at radius 1 is 1.41 bits per heavy atom. The van der Waals surface area contributed by atoms with Gasteiger partial charge in [0.2, 0.25) is 0 Å². The first kappa shape index (κ1) is 13.2. The van der Waals surface area contributed by atoms with Crippen LogP contribution in [-0.4, -0.2) is 24.8 Å². The first-order valence-corrected chi connectivity index (χ1v) is 5.81. The van der Waals surface area contributed by atoms with Crippen molar-refractivity contribution in [3.63, 3.8) is 0 Å². The van der Waals surface area contributed by atoms with E-state index in [9.17, 15) is 8.42 Å². The monoisotopic (exact) mass is 260 g/mol. The van der Waals surface area contributed by atoms with E-state index < -0.39 is 16.1 Å². The summed E-state index contributed by atoms with van der Waals surface area (Å²) in [4.78, 5) is -0.0933. The van der Waals surface area contributed by atoms with E-state index in [1.165, 1.54) is 12.1 Å². The van der Waals surface area contributed by atoms with Crippen LogP contribution in [0, 0.1) is 6.92 Å². The van der Waals surface area contributed by atoms with Crippen LogP contribution in [0.4, 0.5) is 0 Å². The summed E-state index contributed by atoms with van der Waals surface area (Å²) < 4.78 is 27.7. The average Bonchev–Trinajstić information content (AvgIpc) is 2.27. The van der Waals surface area contributed by atoms with Gasteiger partial charge in [-0.2, -0.15) is 8.42 Å². The van der Waals surface area contributed by atoms with Crippen LogP contribution in [0.1, 0.15) is 5.56 Å². The van der Waals surface area contributed by atoms with Gasteiger partial charge in [0.1, 0.15) is 0 Å². The van der Waals surface area contributed by atoms with E-state index in [-0.39, 0.29) is 10.1 Å². The maximum Gasteiger partial charge on any atom is 0.319 e. The lowest BCUT2D eigenvalue weighted by Gasteiger charge is -2.14. The lowest BCUT2D eigenvalue weighted by atomic mass is 10.2. The molecule has 94 valence electrons. The maximum absolute atomic E-state index is 11.6. The predicted molar refractivity (Wildman–Crippen MR) is 58.9 cm³/mol. The molecule has 0 spiro atoms. The van der Waals surface area contributed by atoms with Gasteiger partial charge in [-0.1, -0.05) is 17.7 Å². The molecule has 0 aliphatic rings. The van der Waals surface area contributed by atoms with Crippen molar-refractivity contribution in [2.75, 3.05) is 0 Å². The Labute approximate surface area is 98.1 Å². The predicted octanol–water partition coefficient (Wildman–Crippen LogP) is -0.505. The normalized spacial score (nSPS) is 12.5. The standard InChI is InChI=1S/C8H12N4O4S/c1-6-2-4-7(5-3-6)17(14,15)16-12(10)8(9)11-13/h2-5,13H,10H2,1H3,(H2,9,11). The molecule has 0 amide bonds. The zero-order valence-electron chi connectivity index (χ0n) is 8.94. The van der Waals surface area contributed by atoms with Crippen LogP contribution >= 0.6 is 0 Å². The van der Waals surface area contributed by atoms with E-state index in [1.54, 1.807) is 12.1 Å². The highest BCUT2D eigenvalue weighted by Crippen LogP contribution is 2.13. The molecule has 0 fully saturated rings. The molecule has 1 aromatic carbocycles. The summed E-state index contributed by atoms with van der Waals surface area (Å²) in [6.45, 7) is 1.81. The Kier molecular flexibility index (Phi) is 3.89. The van der Waals surface area contributed by atoms with E-state index in [4.69, 9.17) is 16.8 Å². The molecule has 0 atom stereocenters. The number of hydrogen-bond acceptors (Lipinski definition) is 6. The molecule has 0 saturated heterocycles. The van der Waals surface area contributed by atoms with Crippen LogP contribution in [-0.2, 0) is 14.4 Å². The molecule has 9 heteroatoms. The Hall–Kier alpha value is -1.84. The molecule has 0 saturated carbocycles. The van der Waals surface area contributed by atoms with Gasteiger partial charge in [-0.25, -0.2) is 5.84 Å². The number of nitrogens with zero attached hydrogens (tertiary/aromatic N) is 2. The molecule has 0 radical (unpaired) electrons. The Balaban J connectivity index is 2.93. The number of aryl methyl sites for hydroxylation is 1. The maximum atomic E-state index is 11.6. The molecule has 0 aliphatic heterocycles. The summed E-state index contributed by atoms with van der Waals surface area (Å²) in [6, 6.07) is 5.90. The lowest BCUT2D eigenvalue weighted by Crippen LogP contribution is -2.44. The molecule has 1 aromatic rings. The second kappa shape index (κ2) is 4.99. The van der Waals surface area contributed by atoms with Crippen molar-refractivity contribution in [3.05, 3.63) is 29.8 Å². The topological polar surface area (TPSA) is 131 Å². The third kappa shape index (κ3) is 3.31. The first-order chi connectivity index (χ1) is 7.86. The van der Waals surface area contributed by atoms with Crippen molar-refractivity contribution in [1.29, 1.82) is 0 Å². The van der Waals surface area contributed by atoms with Crippen molar-refractivity contribution in [1.82, 2.24) is 5.17 Å². The molecular weight excluding hydrogens is 248 g/mol. The van der Waals surface area contributed by atoms with E-state index >= 15 is 0 Å². The molecule has 0 heterocycles. The molecule has 8 nitrogen and oxygen atoms in total. The van der Waals surface area contributed by atoms with Gasteiger partial charge in [0.15, 0.2) is 0 Å². The van der Waals surface area contributed by atoms with Gasteiger partial charge >= 0.3 is 10.1 Å². The molecule has 0 aromatic heterocycles. The van der Waals surface area contributed by atoms with E-state index in [1.807, 2.05) is 6.92 Å². The van der Waals surface area contributed by atoms with Gasteiger partial charge < -0.3 is 10.9 Å².